The molecule has 2 N–H and O–H groups in total. The van der Waals surface area contributed by atoms with Crippen LogP contribution < -0.4 is 19.9 Å². The maximum absolute atomic E-state index is 14.4. The Hall–Kier alpha value is -5.23. The molecule has 0 bridgehead atoms. The van der Waals surface area contributed by atoms with Crippen LogP contribution in [0.25, 0.3) is 5.65 Å². The van der Waals surface area contributed by atoms with E-state index in [-0.39, 0.29) is 65.7 Å². The summed E-state index contributed by atoms with van der Waals surface area (Å²) in [5.74, 6) is -1.65. The Kier molecular flexibility index (Phi) is 13.8. The van der Waals surface area contributed by atoms with E-state index in [9.17, 15) is 24.3 Å². The van der Waals surface area contributed by atoms with Gasteiger partial charge >= 0.3 is 11.7 Å². The molecule has 0 unspecified atom stereocenters. The monoisotopic (exact) mass is 752 g/mol. The first-order chi connectivity index (χ1) is 26.1. The van der Waals surface area contributed by atoms with E-state index in [4.69, 9.17) is 28.4 Å². The van der Waals surface area contributed by atoms with E-state index in [0.29, 0.717) is 63.0 Å². The number of ether oxygens (including phenoxy) is 6. The number of rotatable bonds is 19. The number of fused-ring (bicyclic) bond motifs is 1. The summed E-state index contributed by atoms with van der Waals surface area (Å²) in [7, 11) is 6.07. The predicted octanol–water partition coefficient (Wildman–Crippen LogP) is 1.85. The Morgan fingerprint density at radius 3 is 2.44 bits per heavy atom. The largest absolute Gasteiger partial charge is 0.507 e. The molecule has 5 rings (SSSR count). The summed E-state index contributed by atoms with van der Waals surface area (Å²) in [4.78, 5) is 62.1. The van der Waals surface area contributed by atoms with E-state index in [1.54, 1.807) is 31.1 Å². The second kappa shape index (κ2) is 18.7. The highest BCUT2D eigenvalue weighted by molar-refractivity contribution is 6.13. The maximum atomic E-state index is 14.4. The summed E-state index contributed by atoms with van der Waals surface area (Å²) in [6.07, 6.45) is 1.67. The maximum Gasteiger partial charge on any atom is 0.366 e. The number of hydrogen-bond donors (Lipinski definition) is 2. The molecule has 4 aromatic rings. The van der Waals surface area contributed by atoms with Gasteiger partial charge in [-0.2, -0.15) is 0 Å². The normalized spacial score (nSPS) is 13.3. The van der Waals surface area contributed by atoms with Gasteiger partial charge in [0.05, 0.1) is 38.9 Å². The van der Waals surface area contributed by atoms with Crippen molar-refractivity contribution < 1.29 is 47.9 Å². The summed E-state index contributed by atoms with van der Waals surface area (Å²) in [5, 5.41) is 14.3. The standard InChI is InChI=1S/C37H48N6O11/c1-6-25-26(21-31(45)42(14-16-50-4)10-7-15-49-3)32(27(44)22-29(25)54-36(47)33-35-39-40(2)37(48)43(35)23-38-33)34(46)24-8-9-28(30(20-24)51-5)53-19-13-41-11-17-52-18-12-41/h8-9,20,22-23,39,44H,6-7,10-19,21H2,1-5H3. The van der Waals surface area contributed by atoms with E-state index < -0.39 is 23.2 Å². The Bertz CT molecular complexity index is 2000. The molecule has 0 radical (unpaired) electrons. The van der Waals surface area contributed by atoms with Crippen molar-refractivity contribution in [3.63, 3.8) is 0 Å². The number of amides is 1. The van der Waals surface area contributed by atoms with Crippen LogP contribution in [0.2, 0.25) is 0 Å². The van der Waals surface area contributed by atoms with Crippen LogP contribution in [0.15, 0.2) is 35.4 Å². The molecule has 54 heavy (non-hydrogen) atoms. The minimum Gasteiger partial charge on any atom is -0.507 e. The summed E-state index contributed by atoms with van der Waals surface area (Å²) in [5.41, 5.74) is 0.0987. The van der Waals surface area contributed by atoms with E-state index in [0.717, 1.165) is 17.5 Å². The number of phenols is 1. The second-order valence-electron chi connectivity index (χ2n) is 12.6. The number of benzene rings is 2. The Morgan fingerprint density at radius 1 is 0.981 bits per heavy atom. The van der Waals surface area contributed by atoms with Gasteiger partial charge in [0, 0.05) is 72.2 Å². The van der Waals surface area contributed by atoms with E-state index in [1.165, 1.54) is 44.4 Å². The van der Waals surface area contributed by atoms with Gasteiger partial charge < -0.3 is 38.4 Å². The summed E-state index contributed by atoms with van der Waals surface area (Å²) < 4.78 is 35.6. The number of carbonyl (C=O) groups is 3. The zero-order valence-corrected chi connectivity index (χ0v) is 31.3. The van der Waals surface area contributed by atoms with Crippen molar-refractivity contribution in [2.75, 3.05) is 87.1 Å². The number of aromatic nitrogens is 4. The lowest BCUT2D eigenvalue weighted by molar-refractivity contribution is -0.131. The average molecular weight is 753 g/mol. The van der Waals surface area contributed by atoms with Crippen LogP contribution >= 0.6 is 0 Å². The highest BCUT2D eigenvalue weighted by Gasteiger charge is 2.29. The molecule has 0 aliphatic carbocycles. The lowest BCUT2D eigenvalue weighted by Gasteiger charge is -2.26. The number of nitrogens with one attached hydrogen (secondary N) is 1. The number of hydrogen-bond acceptors (Lipinski definition) is 13. The number of H-pyrrole nitrogens is 1. The van der Waals surface area contributed by atoms with Gasteiger partial charge in [0.15, 0.2) is 28.6 Å². The Balaban J connectivity index is 1.51. The van der Waals surface area contributed by atoms with Crippen LogP contribution in [-0.4, -0.2) is 139 Å². The first-order valence-electron chi connectivity index (χ1n) is 17.7. The number of nitrogens with zero attached hydrogens (tertiary/aromatic N) is 5. The molecular formula is C37H48N6O11. The van der Waals surface area contributed by atoms with Crippen LogP contribution in [0, 0.1) is 0 Å². The zero-order valence-electron chi connectivity index (χ0n) is 31.3. The first-order valence-corrected chi connectivity index (χ1v) is 17.7. The molecule has 0 spiro atoms. The van der Waals surface area contributed by atoms with E-state index in [2.05, 4.69) is 15.0 Å². The molecule has 1 saturated heterocycles. The number of esters is 1. The van der Waals surface area contributed by atoms with Crippen molar-refractivity contribution in [1.82, 2.24) is 29.0 Å². The summed E-state index contributed by atoms with van der Waals surface area (Å²) in [6.45, 7) is 7.18. The lowest BCUT2D eigenvalue weighted by atomic mass is 9.89. The Labute approximate surface area is 312 Å². The minimum atomic E-state index is -0.917. The summed E-state index contributed by atoms with van der Waals surface area (Å²) in [6, 6.07) is 5.91. The van der Waals surface area contributed by atoms with Crippen molar-refractivity contribution in [3.05, 3.63) is 69.0 Å². The minimum absolute atomic E-state index is 0.0665. The van der Waals surface area contributed by atoms with Gasteiger partial charge in [0.25, 0.3) is 0 Å². The third-order valence-corrected chi connectivity index (χ3v) is 9.22. The lowest BCUT2D eigenvalue weighted by Crippen LogP contribution is -2.38. The number of morpholine rings is 1. The van der Waals surface area contributed by atoms with Crippen LogP contribution in [0.4, 0.5) is 0 Å². The highest BCUT2D eigenvalue weighted by Crippen LogP contribution is 2.38. The highest BCUT2D eigenvalue weighted by atomic mass is 16.5. The van der Waals surface area contributed by atoms with E-state index in [1.807, 2.05) is 0 Å². The third kappa shape index (κ3) is 9.10. The molecule has 3 heterocycles. The van der Waals surface area contributed by atoms with Crippen LogP contribution in [0.1, 0.15) is 50.9 Å². The van der Waals surface area contributed by atoms with E-state index >= 15 is 0 Å². The SMILES string of the molecule is CCc1c(OC(=O)c2ncn3c(=O)n(C)[nH]c23)cc(O)c(C(=O)c2ccc(OCCN3CCOCC3)c(OC)c2)c1CC(=O)N(CCCOC)CCOC. The molecule has 2 aromatic carbocycles. The first kappa shape index (κ1) is 40.0. The number of aryl methyl sites for hydroxylation is 1. The van der Waals surface area contributed by atoms with Gasteiger partial charge in [-0.25, -0.2) is 23.7 Å². The number of carbonyl (C=O) groups excluding carboxylic acids is 3. The van der Waals surface area contributed by atoms with Gasteiger partial charge in [-0.1, -0.05) is 6.92 Å². The van der Waals surface area contributed by atoms with Crippen LogP contribution in [-0.2, 0) is 38.9 Å². The second-order valence-corrected chi connectivity index (χ2v) is 12.6. The van der Waals surface area contributed by atoms with Crippen molar-refractivity contribution in [2.24, 2.45) is 7.05 Å². The van der Waals surface area contributed by atoms with Gasteiger partial charge in [0.1, 0.15) is 24.4 Å². The quantitative estimate of drug-likeness (QED) is 0.0612. The van der Waals surface area contributed by atoms with Gasteiger partial charge in [0.2, 0.25) is 5.91 Å². The third-order valence-electron chi connectivity index (χ3n) is 9.22. The molecule has 17 heteroatoms. The van der Waals surface area contributed by atoms with Crippen molar-refractivity contribution in [1.29, 1.82) is 0 Å². The molecule has 1 amide bonds. The number of methoxy groups -OCH3 is 3. The van der Waals surface area contributed by atoms with Gasteiger partial charge in [-0.05, 0) is 42.2 Å². The van der Waals surface area contributed by atoms with Crippen LogP contribution in [0.3, 0.4) is 0 Å². The zero-order chi connectivity index (χ0) is 38.8. The molecule has 1 aliphatic rings. The molecule has 292 valence electrons. The van der Waals surface area contributed by atoms with Gasteiger partial charge in [-0.3, -0.25) is 19.6 Å². The molecule has 17 nitrogen and oxygen atoms in total. The molecule has 1 aliphatic heterocycles. The molecule has 0 atom stereocenters. The fourth-order valence-corrected chi connectivity index (χ4v) is 6.34. The Morgan fingerprint density at radius 2 is 1.74 bits per heavy atom. The molecule has 1 fully saturated rings. The molecule has 2 aromatic heterocycles. The smallest absolute Gasteiger partial charge is 0.366 e. The summed E-state index contributed by atoms with van der Waals surface area (Å²) >= 11 is 0. The molecule has 0 saturated carbocycles. The van der Waals surface area contributed by atoms with Crippen molar-refractivity contribution in [3.8, 4) is 23.0 Å². The number of aromatic hydroxyl groups is 1. The predicted molar refractivity (Wildman–Crippen MR) is 195 cm³/mol. The fraction of sp³-hybridized carbons (Fsp3) is 0.486. The van der Waals surface area contributed by atoms with Crippen molar-refractivity contribution in [2.45, 2.75) is 26.2 Å². The van der Waals surface area contributed by atoms with Gasteiger partial charge in [-0.15, -0.1) is 0 Å². The number of ketones is 1. The topological polar surface area (TPSA) is 188 Å². The average Bonchev–Trinajstić information content (AvgIpc) is 3.71. The number of aromatic amines is 1. The van der Waals surface area contributed by atoms with Crippen LogP contribution in [0.5, 0.6) is 23.0 Å². The number of phenolic OH excluding ortho intramolecular Hbond substituents is 1. The number of imidazole rings is 1. The van der Waals surface area contributed by atoms with Crippen molar-refractivity contribution >= 4 is 23.3 Å². The fourth-order valence-electron chi connectivity index (χ4n) is 6.34. The molecular weight excluding hydrogens is 704 g/mol.